The Kier molecular flexibility index (Phi) is 6.01. The fraction of sp³-hybridized carbons (Fsp3) is 0.214. The topological polar surface area (TPSA) is 115 Å². The molecular formula is C28H29N7O. The predicted octanol–water partition coefficient (Wildman–Crippen LogP) is 3.35. The zero-order chi connectivity index (χ0) is 25.4. The molecule has 5 rings (SSSR count). The molecule has 0 aliphatic heterocycles. The van der Waals surface area contributed by atoms with E-state index in [-0.39, 0.29) is 12.0 Å². The molecule has 0 bridgehead atoms. The van der Waals surface area contributed by atoms with Crippen LogP contribution in [0.1, 0.15) is 22.5 Å². The lowest BCUT2D eigenvalue weighted by molar-refractivity contribution is 0.250. The van der Waals surface area contributed by atoms with Crippen molar-refractivity contribution in [3.05, 3.63) is 88.7 Å². The number of nitrogens with zero attached hydrogens (tertiary/aromatic N) is 5. The highest BCUT2D eigenvalue weighted by Crippen LogP contribution is 2.30. The van der Waals surface area contributed by atoms with E-state index in [9.17, 15) is 4.79 Å². The number of aromatic nitrogens is 3. The molecular weight excluding hydrogens is 450 g/mol. The van der Waals surface area contributed by atoms with Crippen LogP contribution >= 0.6 is 0 Å². The second kappa shape index (κ2) is 9.30. The number of aryl methyl sites for hydroxylation is 2. The average molecular weight is 480 g/mol. The number of carbonyl (C=O) groups excluding carboxylic acids is 1. The predicted molar refractivity (Wildman–Crippen MR) is 142 cm³/mol. The van der Waals surface area contributed by atoms with E-state index in [1.807, 2.05) is 80.5 Å². The zero-order valence-corrected chi connectivity index (χ0v) is 20.6. The lowest BCUT2D eigenvalue weighted by Gasteiger charge is -2.22. The highest BCUT2D eigenvalue weighted by Gasteiger charge is 2.25. The molecule has 2 heterocycles. The molecule has 8 nitrogen and oxygen atoms in total. The Bertz CT molecular complexity index is 1510. The molecule has 0 saturated heterocycles. The van der Waals surface area contributed by atoms with Gasteiger partial charge < -0.3 is 11.5 Å². The van der Waals surface area contributed by atoms with Gasteiger partial charge in [0.05, 0.1) is 17.3 Å². The van der Waals surface area contributed by atoms with Gasteiger partial charge in [0.25, 0.3) is 0 Å². The van der Waals surface area contributed by atoms with Gasteiger partial charge in [-0.1, -0.05) is 36.4 Å². The van der Waals surface area contributed by atoms with Crippen LogP contribution in [-0.4, -0.2) is 39.0 Å². The molecule has 2 aromatic heterocycles. The maximum atomic E-state index is 12.3. The highest BCUT2D eigenvalue weighted by atomic mass is 16.1. The second-order valence-electron chi connectivity index (χ2n) is 9.26. The Morgan fingerprint density at radius 2 is 1.64 bits per heavy atom. The molecule has 0 amide bonds. The molecule has 182 valence electrons. The van der Waals surface area contributed by atoms with Crippen LogP contribution in [0.3, 0.4) is 0 Å². The number of nitrogen functional groups attached to an aromatic ring is 2. The Hall–Kier alpha value is -4.46. The number of fused-ring (bicyclic) bond motifs is 1. The number of hydrogen-bond donors (Lipinski definition) is 2. The summed E-state index contributed by atoms with van der Waals surface area (Å²) in [6.07, 6.45) is 2.32. The summed E-state index contributed by atoms with van der Waals surface area (Å²) < 4.78 is 1.31. The Morgan fingerprint density at radius 1 is 0.944 bits per heavy atom. The number of carbonyl (C=O) groups is 1. The van der Waals surface area contributed by atoms with Crippen molar-refractivity contribution in [3.63, 3.8) is 0 Å². The number of anilines is 2. The van der Waals surface area contributed by atoms with E-state index in [1.165, 1.54) is 15.7 Å². The summed E-state index contributed by atoms with van der Waals surface area (Å²) in [5.74, 6) is 0.0738. The summed E-state index contributed by atoms with van der Waals surface area (Å²) >= 11 is 0. The third-order valence-corrected chi connectivity index (χ3v) is 6.61. The fourth-order valence-electron chi connectivity index (χ4n) is 4.92. The molecule has 2 aromatic carbocycles. The minimum atomic E-state index is 0.0738. The number of rotatable bonds is 5. The first-order valence-corrected chi connectivity index (χ1v) is 11.9. The van der Waals surface area contributed by atoms with Crippen molar-refractivity contribution < 1.29 is 4.79 Å². The van der Waals surface area contributed by atoms with Gasteiger partial charge in [0, 0.05) is 29.7 Å². The van der Waals surface area contributed by atoms with Crippen molar-refractivity contribution in [2.45, 2.75) is 32.7 Å². The Morgan fingerprint density at radius 3 is 2.33 bits per heavy atom. The van der Waals surface area contributed by atoms with Gasteiger partial charge in [-0.2, -0.15) is 5.10 Å². The molecule has 8 heteroatoms. The molecule has 1 unspecified atom stereocenters. The first kappa shape index (κ1) is 23.3. The van der Waals surface area contributed by atoms with Crippen molar-refractivity contribution in [3.8, 4) is 22.4 Å². The van der Waals surface area contributed by atoms with Gasteiger partial charge >= 0.3 is 0 Å². The lowest BCUT2D eigenvalue weighted by Crippen LogP contribution is -2.35. The number of hydrogen-bond acceptors (Lipinski definition) is 7. The number of benzene rings is 2. The normalized spacial score (nSPS) is 15.1. The van der Waals surface area contributed by atoms with Crippen molar-refractivity contribution in [2.75, 3.05) is 18.5 Å². The van der Waals surface area contributed by atoms with Crippen LogP contribution in [0.2, 0.25) is 0 Å². The van der Waals surface area contributed by atoms with E-state index >= 15 is 0 Å². The molecule has 1 atom stereocenters. The average Bonchev–Trinajstić information content (AvgIpc) is 3.27. The molecule has 36 heavy (non-hydrogen) atoms. The molecule has 1 aliphatic rings. The van der Waals surface area contributed by atoms with Crippen LogP contribution in [0.4, 0.5) is 11.6 Å². The van der Waals surface area contributed by atoms with Crippen molar-refractivity contribution in [2.24, 2.45) is 5.10 Å². The van der Waals surface area contributed by atoms with Gasteiger partial charge in [-0.3, -0.25) is 14.8 Å². The van der Waals surface area contributed by atoms with Crippen molar-refractivity contribution in [1.29, 1.82) is 0 Å². The second-order valence-corrected chi connectivity index (χ2v) is 9.26. The summed E-state index contributed by atoms with van der Waals surface area (Å²) in [5, 5.41) is 6.91. The summed E-state index contributed by atoms with van der Waals surface area (Å²) in [6, 6.07) is 19.9. The largest absolute Gasteiger partial charge is 0.399 e. The third-order valence-electron chi connectivity index (χ3n) is 6.61. The summed E-state index contributed by atoms with van der Waals surface area (Å²) in [4.78, 5) is 21.5. The molecule has 4 aromatic rings. The van der Waals surface area contributed by atoms with Crippen molar-refractivity contribution in [1.82, 2.24) is 19.5 Å². The number of nitrogens with two attached hydrogens (primary N) is 2. The first-order chi connectivity index (χ1) is 17.3. The molecule has 0 fully saturated rings. The quantitative estimate of drug-likeness (QED) is 0.258. The van der Waals surface area contributed by atoms with Gasteiger partial charge in [-0.25, -0.2) is 9.55 Å². The zero-order valence-electron chi connectivity index (χ0n) is 20.6. The van der Waals surface area contributed by atoms with E-state index in [0.717, 1.165) is 46.6 Å². The van der Waals surface area contributed by atoms with Crippen LogP contribution in [-0.2, 0) is 17.6 Å². The van der Waals surface area contributed by atoms with Gasteiger partial charge in [0.1, 0.15) is 0 Å². The van der Waals surface area contributed by atoms with Gasteiger partial charge in [0.2, 0.25) is 12.4 Å². The Labute approximate surface area is 209 Å². The third kappa shape index (κ3) is 4.33. The smallest absolute Gasteiger partial charge is 0.222 e. The molecule has 0 radical (unpaired) electrons. The lowest BCUT2D eigenvalue weighted by atomic mass is 9.99. The maximum absolute atomic E-state index is 12.3. The van der Waals surface area contributed by atoms with Gasteiger partial charge in [0.15, 0.2) is 5.49 Å². The van der Waals surface area contributed by atoms with E-state index < -0.39 is 0 Å². The highest BCUT2D eigenvalue weighted by molar-refractivity contribution is 5.82. The van der Waals surface area contributed by atoms with Crippen LogP contribution in [0.15, 0.2) is 65.8 Å². The standard InChI is InChI=1S/C28H29N7O/c1-17-11-22(12-18(2)31-17)25-26(19-7-5-4-6-8-19)32-28(30)35(16-36)27(25)33-34(3)24-14-20-9-10-23(29)13-21(20)15-24/h4-13,16,24H,14-15,29H2,1-3H3,(H2,30,32)/b33-27-. The molecule has 0 spiro atoms. The SMILES string of the molecule is Cc1cc(-c2c(-c3ccccc3)nc(N)n(C=O)/c2=N\N(C)C2Cc3ccc(N)cc3C2)cc(C)n1. The maximum Gasteiger partial charge on any atom is 0.222 e. The van der Waals surface area contributed by atoms with E-state index in [0.29, 0.717) is 17.6 Å². The minimum absolute atomic E-state index is 0.0738. The van der Waals surface area contributed by atoms with Gasteiger partial charge in [-0.15, -0.1) is 0 Å². The van der Waals surface area contributed by atoms with E-state index in [2.05, 4.69) is 16.0 Å². The van der Waals surface area contributed by atoms with Crippen LogP contribution < -0.4 is 17.0 Å². The summed E-state index contributed by atoms with van der Waals surface area (Å²) in [5.41, 5.74) is 20.9. The Balaban J connectivity index is 1.74. The minimum Gasteiger partial charge on any atom is -0.399 e. The number of pyridine rings is 1. The molecule has 0 saturated carbocycles. The van der Waals surface area contributed by atoms with Crippen LogP contribution in [0.5, 0.6) is 0 Å². The number of likely N-dealkylation sites (N-methyl/N-ethyl adjacent to an activating group) is 1. The molecule has 1 aliphatic carbocycles. The van der Waals surface area contributed by atoms with Crippen molar-refractivity contribution >= 4 is 18.0 Å². The monoisotopic (exact) mass is 479 g/mol. The van der Waals surface area contributed by atoms with E-state index in [4.69, 9.17) is 16.6 Å². The van der Waals surface area contributed by atoms with Crippen LogP contribution in [0.25, 0.3) is 22.4 Å². The molecule has 4 N–H and O–H groups in total. The van der Waals surface area contributed by atoms with Crippen LogP contribution in [0, 0.1) is 13.8 Å². The van der Waals surface area contributed by atoms with Gasteiger partial charge in [-0.05, 0) is 67.6 Å². The summed E-state index contributed by atoms with van der Waals surface area (Å²) in [7, 11) is 1.93. The summed E-state index contributed by atoms with van der Waals surface area (Å²) in [6.45, 7) is 3.89. The van der Waals surface area contributed by atoms with E-state index in [1.54, 1.807) is 0 Å². The fourth-order valence-corrected chi connectivity index (χ4v) is 4.92. The first-order valence-electron chi connectivity index (χ1n) is 11.9.